The lowest BCUT2D eigenvalue weighted by Gasteiger charge is -2.15. The molecule has 31 heavy (non-hydrogen) atoms. The fourth-order valence-corrected chi connectivity index (χ4v) is 4.23. The zero-order valence-corrected chi connectivity index (χ0v) is 17.4. The van der Waals surface area contributed by atoms with Crippen molar-refractivity contribution in [3.63, 3.8) is 0 Å². The minimum atomic E-state index is -4.19. The van der Waals surface area contributed by atoms with Gasteiger partial charge in [0.15, 0.2) is 0 Å². The van der Waals surface area contributed by atoms with Crippen LogP contribution < -0.4 is 14.8 Å². The molecule has 0 aliphatic carbocycles. The highest BCUT2D eigenvalue weighted by molar-refractivity contribution is 7.93. The zero-order chi connectivity index (χ0) is 22.4. The van der Waals surface area contributed by atoms with Gasteiger partial charge >= 0.3 is 0 Å². The van der Waals surface area contributed by atoms with Crippen molar-refractivity contribution in [2.24, 2.45) is 0 Å². The number of anilines is 2. The average Bonchev–Trinajstić information content (AvgIpc) is 2.74. The molecule has 0 aliphatic rings. The van der Waals surface area contributed by atoms with E-state index < -0.39 is 14.9 Å². The van der Waals surface area contributed by atoms with Crippen LogP contribution in [-0.4, -0.2) is 27.0 Å². The van der Waals surface area contributed by atoms with E-state index in [0.29, 0.717) is 18.7 Å². The first-order valence-corrected chi connectivity index (χ1v) is 10.7. The third kappa shape index (κ3) is 5.48. The maximum absolute atomic E-state index is 13.3. The van der Waals surface area contributed by atoms with Crippen LogP contribution in [0.25, 0.3) is 0 Å². The molecule has 2 N–H and O–H groups in total. The van der Waals surface area contributed by atoms with Gasteiger partial charge < -0.3 is 10.1 Å². The normalized spacial score (nSPS) is 11.0. The van der Waals surface area contributed by atoms with Gasteiger partial charge in [-0.25, -0.2) is 12.8 Å². The first kappa shape index (κ1) is 22.0. The minimum absolute atomic E-state index is 0.185. The van der Waals surface area contributed by atoms with Gasteiger partial charge in [0.05, 0.1) is 23.4 Å². The van der Waals surface area contributed by atoms with Crippen LogP contribution in [-0.2, 0) is 16.4 Å². The fraction of sp³-hybridized carbons (Fsp3) is 0.143. The zero-order valence-electron chi connectivity index (χ0n) is 16.5. The molecule has 3 aromatic rings. The van der Waals surface area contributed by atoms with Crippen LogP contribution in [0.2, 0.25) is 0 Å². The Morgan fingerprint density at radius 2 is 1.81 bits per heavy atom. The number of halogens is 1. The number of benzene rings is 3. The second-order valence-electron chi connectivity index (χ2n) is 6.55. The SMILES string of the molecule is COc1ccccc1NS(=O)(=O)c1cc([N+](=O)[O-])ccc1NCCc1cccc(F)c1. The Hall–Kier alpha value is -3.66. The number of ether oxygens (including phenoxy) is 1. The van der Waals surface area contributed by atoms with E-state index in [1.807, 2.05) is 0 Å². The third-order valence-electron chi connectivity index (χ3n) is 4.43. The van der Waals surface area contributed by atoms with Crippen LogP contribution in [0.15, 0.2) is 71.6 Å². The van der Waals surface area contributed by atoms with Gasteiger partial charge in [-0.2, -0.15) is 0 Å². The highest BCUT2D eigenvalue weighted by Gasteiger charge is 2.23. The highest BCUT2D eigenvalue weighted by atomic mass is 32.2. The number of non-ortho nitro benzene ring substituents is 1. The van der Waals surface area contributed by atoms with Gasteiger partial charge in [0.1, 0.15) is 16.5 Å². The van der Waals surface area contributed by atoms with E-state index in [9.17, 15) is 22.9 Å². The Labute approximate surface area is 178 Å². The molecule has 0 fully saturated rings. The Morgan fingerprint density at radius 3 is 2.52 bits per heavy atom. The molecule has 3 rings (SSSR count). The third-order valence-corrected chi connectivity index (χ3v) is 5.84. The number of sulfonamides is 1. The summed E-state index contributed by atoms with van der Waals surface area (Å²) >= 11 is 0. The molecular formula is C21H20FN3O5S. The second kappa shape index (κ2) is 9.43. The topological polar surface area (TPSA) is 111 Å². The largest absolute Gasteiger partial charge is 0.495 e. The summed E-state index contributed by atoms with van der Waals surface area (Å²) in [6.07, 6.45) is 0.425. The van der Waals surface area contributed by atoms with E-state index in [4.69, 9.17) is 4.74 Å². The summed E-state index contributed by atoms with van der Waals surface area (Å²) in [5, 5.41) is 14.2. The van der Waals surface area contributed by atoms with Gasteiger partial charge in [-0.15, -0.1) is 0 Å². The molecule has 0 radical (unpaired) electrons. The van der Waals surface area contributed by atoms with E-state index in [2.05, 4.69) is 10.0 Å². The predicted molar refractivity (Wildman–Crippen MR) is 115 cm³/mol. The first-order chi connectivity index (χ1) is 14.8. The molecule has 0 heterocycles. The predicted octanol–water partition coefficient (Wildman–Crippen LogP) is 4.20. The number of rotatable bonds is 9. The van der Waals surface area contributed by atoms with E-state index in [0.717, 1.165) is 11.6 Å². The number of para-hydroxylation sites is 2. The van der Waals surface area contributed by atoms with Crippen LogP contribution in [0.4, 0.5) is 21.5 Å². The smallest absolute Gasteiger partial charge is 0.270 e. The van der Waals surface area contributed by atoms with Crippen molar-refractivity contribution < 1.29 is 22.5 Å². The molecule has 0 aromatic heterocycles. The van der Waals surface area contributed by atoms with E-state index >= 15 is 0 Å². The van der Waals surface area contributed by atoms with Gasteiger partial charge in [-0.05, 0) is 42.3 Å². The van der Waals surface area contributed by atoms with Crippen LogP contribution in [0.3, 0.4) is 0 Å². The standard InChI is InChI=1S/C21H20FN3O5S/c1-30-20-8-3-2-7-18(20)24-31(28,29)21-14-17(25(26)27)9-10-19(21)23-12-11-15-5-4-6-16(22)13-15/h2-10,13-14,23-24H,11-12H2,1H3. The Morgan fingerprint density at radius 1 is 1.03 bits per heavy atom. The number of nitro benzene ring substituents is 1. The van der Waals surface area contributed by atoms with Gasteiger partial charge in [0, 0.05) is 18.7 Å². The van der Waals surface area contributed by atoms with Crippen LogP contribution >= 0.6 is 0 Å². The number of hydrogen-bond acceptors (Lipinski definition) is 6. The number of nitrogens with one attached hydrogen (secondary N) is 2. The molecule has 3 aromatic carbocycles. The van der Waals surface area contributed by atoms with Crippen molar-refractivity contribution in [1.82, 2.24) is 0 Å². The molecule has 162 valence electrons. The summed E-state index contributed by atoms with van der Waals surface area (Å²) in [5.74, 6) is -0.0609. The lowest BCUT2D eigenvalue weighted by atomic mass is 10.1. The van der Waals surface area contributed by atoms with E-state index in [1.54, 1.807) is 30.3 Å². The van der Waals surface area contributed by atoms with Crippen molar-refractivity contribution in [1.29, 1.82) is 0 Å². The average molecular weight is 445 g/mol. The Bertz CT molecular complexity index is 1200. The van der Waals surface area contributed by atoms with Gasteiger partial charge in [0.25, 0.3) is 15.7 Å². The number of hydrogen-bond donors (Lipinski definition) is 2. The molecule has 10 heteroatoms. The molecule has 0 atom stereocenters. The lowest BCUT2D eigenvalue weighted by Crippen LogP contribution is -2.17. The molecular weight excluding hydrogens is 425 g/mol. The quantitative estimate of drug-likeness (QED) is 0.377. The highest BCUT2D eigenvalue weighted by Crippen LogP contribution is 2.31. The van der Waals surface area contributed by atoms with Crippen LogP contribution in [0.5, 0.6) is 5.75 Å². The maximum Gasteiger partial charge on any atom is 0.270 e. The lowest BCUT2D eigenvalue weighted by molar-refractivity contribution is -0.385. The van der Waals surface area contributed by atoms with Crippen molar-refractivity contribution in [3.05, 3.63) is 88.2 Å². The Kier molecular flexibility index (Phi) is 6.71. The minimum Gasteiger partial charge on any atom is -0.495 e. The molecule has 0 saturated carbocycles. The summed E-state index contributed by atoms with van der Waals surface area (Å²) in [7, 11) is -2.79. The van der Waals surface area contributed by atoms with Crippen molar-refractivity contribution >= 4 is 27.1 Å². The molecule has 0 bridgehead atoms. The van der Waals surface area contributed by atoms with Crippen molar-refractivity contribution in [2.75, 3.05) is 23.7 Å². The molecule has 0 spiro atoms. The summed E-state index contributed by atoms with van der Waals surface area (Å²) in [6.45, 7) is 0.290. The van der Waals surface area contributed by atoms with Gasteiger partial charge in [-0.1, -0.05) is 24.3 Å². The molecule has 0 unspecified atom stereocenters. The molecule has 0 amide bonds. The monoisotopic (exact) mass is 445 g/mol. The first-order valence-electron chi connectivity index (χ1n) is 9.23. The van der Waals surface area contributed by atoms with Crippen LogP contribution in [0.1, 0.15) is 5.56 Å². The molecule has 0 saturated heterocycles. The summed E-state index contributed by atoms with van der Waals surface area (Å²) in [6, 6.07) is 16.0. The fourth-order valence-electron chi connectivity index (χ4n) is 2.96. The Balaban J connectivity index is 1.89. The van der Waals surface area contributed by atoms with E-state index in [1.165, 1.54) is 37.4 Å². The summed E-state index contributed by atoms with van der Waals surface area (Å²) in [4.78, 5) is 10.2. The van der Waals surface area contributed by atoms with Crippen molar-refractivity contribution in [3.8, 4) is 5.75 Å². The van der Waals surface area contributed by atoms with Crippen molar-refractivity contribution in [2.45, 2.75) is 11.3 Å². The number of nitrogens with zero attached hydrogens (tertiary/aromatic N) is 1. The number of nitro groups is 1. The molecule has 0 aliphatic heterocycles. The molecule has 8 nitrogen and oxygen atoms in total. The summed E-state index contributed by atoms with van der Waals surface area (Å²) in [5.41, 5.74) is 0.744. The van der Waals surface area contributed by atoms with Crippen LogP contribution in [0, 0.1) is 15.9 Å². The maximum atomic E-state index is 13.3. The van der Waals surface area contributed by atoms with Gasteiger partial charge in [0.2, 0.25) is 0 Å². The second-order valence-corrected chi connectivity index (χ2v) is 8.20. The summed E-state index contributed by atoms with van der Waals surface area (Å²) < 4.78 is 47.0. The number of methoxy groups -OCH3 is 1. The van der Waals surface area contributed by atoms with E-state index in [-0.39, 0.29) is 27.8 Å². The van der Waals surface area contributed by atoms with Gasteiger partial charge in [-0.3, -0.25) is 14.8 Å².